The first-order valence-electron chi connectivity index (χ1n) is 7.22. The van der Waals surface area contributed by atoms with E-state index in [0.717, 1.165) is 17.0 Å². The Labute approximate surface area is 131 Å². The molecule has 0 bridgehead atoms. The number of hydrogen-bond donors (Lipinski definition) is 2. The molecule has 0 saturated heterocycles. The zero-order chi connectivity index (χ0) is 16.2. The number of hydrogen-bond acceptors (Lipinski definition) is 3. The van der Waals surface area contributed by atoms with Gasteiger partial charge in [-0.05, 0) is 42.0 Å². The Kier molecular flexibility index (Phi) is 4.83. The third-order valence-corrected chi connectivity index (χ3v) is 3.79. The van der Waals surface area contributed by atoms with Crippen molar-refractivity contribution in [3.63, 3.8) is 0 Å². The number of carbonyl (C=O) groups is 1. The van der Waals surface area contributed by atoms with E-state index in [1.165, 1.54) is 0 Å². The number of amides is 1. The summed E-state index contributed by atoms with van der Waals surface area (Å²) in [4.78, 5) is 12.2. The summed E-state index contributed by atoms with van der Waals surface area (Å²) in [6.07, 6.45) is 0. The van der Waals surface area contributed by atoms with Crippen LogP contribution in [0, 0.1) is 0 Å². The largest absolute Gasteiger partial charge is 0.497 e. The molecule has 0 unspecified atom stereocenters. The van der Waals surface area contributed by atoms with E-state index >= 15 is 0 Å². The second-order valence-corrected chi connectivity index (χ2v) is 5.85. The summed E-state index contributed by atoms with van der Waals surface area (Å²) >= 11 is 0. The molecule has 0 aliphatic rings. The van der Waals surface area contributed by atoms with Gasteiger partial charge in [0.1, 0.15) is 5.75 Å². The van der Waals surface area contributed by atoms with Crippen molar-refractivity contribution in [3.8, 4) is 5.75 Å². The van der Waals surface area contributed by atoms with Gasteiger partial charge in [-0.1, -0.05) is 26.0 Å². The molecule has 4 nitrogen and oxygen atoms in total. The number of ether oxygens (including phenoxy) is 1. The highest BCUT2D eigenvalue weighted by Crippen LogP contribution is 2.23. The molecule has 1 amide bonds. The maximum absolute atomic E-state index is 12.2. The van der Waals surface area contributed by atoms with E-state index in [0.29, 0.717) is 12.1 Å². The van der Waals surface area contributed by atoms with Gasteiger partial charge in [0.05, 0.1) is 7.11 Å². The third-order valence-electron chi connectivity index (χ3n) is 3.79. The van der Waals surface area contributed by atoms with Crippen molar-refractivity contribution in [1.29, 1.82) is 0 Å². The number of carbonyl (C=O) groups excluding carboxylic acids is 1. The van der Waals surface area contributed by atoms with Crippen LogP contribution in [0.3, 0.4) is 0 Å². The molecular weight excluding hydrogens is 276 g/mol. The van der Waals surface area contributed by atoms with Gasteiger partial charge in [-0.2, -0.15) is 0 Å². The number of rotatable bonds is 5. The summed E-state index contributed by atoms with van der Waals surface area (Å²) in [7, 11) is 1.60. The molecule has 2 rings (SSSR count). The van der Waals surface area contributed by atoms with Crippen molar-refractivity contribution in [2.45, 2.75) is 19.3 Å². The van der Waals surface area contributed by atoms with Gasteiger partial charge in [-0.15, -0.1) is 0 Å². The van der Waals surface area contributed by atoms with Gasteiger partial charge in [0.25, 0.3) is 5.91 Å². The minimum atomic E-state index is -0.145. The van der Waals surface area contributed by atoms with Crippen molar-refractivity contribution in [3.05, 3.63) is 59.7 Å². The van der Waals surface area contributed by atoms with E-state index in [9.17, 15) is 4.79 Å². The molecule has 2 aromatic rings. The van der Waals surface area contributed by atoms with Crippen LogP contribution in [0.4, 0.5) is 5.69 Å². The summed E-state index contributed by atoms with van der Waals surface area (Å²) in [6.45, 7) is 4.76. The molecule has 0 spiro atoms. The minimum Gasteiger partial charge on any atom is -0.497 e. The van der Waals surface area contributed by atoms with Crippen molar-refractivity contribution >= 4 is 11.6 Å². The first kappa shape index (κ1) is 16.0. The summed E-state index contributed by atoms with van der Waals surface area (Å²) in [5.41, 5.74) is 8.21. The Morgan fingerprint density at radius 1 is 1.09 bits per heavy atom. The van der Waals surface area contributed by atoms with E-state index in [1.807, 2.05) is 24.3 Å². The fraction of sp³-hybridized carbons (Fsp3) is 0.278. The molecule has 0 aliphatic carbocycles. The Hall–Kier alpha value is -2.33. The molecule has 0 aliphatic heterocycles. The van der Waals surface area contributed by atoms with Gasteiger partial charge in [0, 0.05) is 23.2 Å². The number of anilines is 1. The van der Waals surface area contributed by atoms with E-state index in [4.69, 9.17) is 10.5 Å². The van der Waals surface area contributed by atoms with Crippen LogP contribution < -0.4 is 15.8 Å². The number of benzene rings is 2. The van der Waals surface area contributed by atoms with Gasteiger partial charge in [-0.3, -0.25) is 4.79 Å². The highest BCUT2D eigenvalue weighted by Gasteiger charge is 2.18. The first-order chi connectivity index (χ1) is 10.5. The molecule has 0 aromatic heterocycles. The standard InChI is InChI=1S/C18H22N2O2/c1-18(2,12-19)14-6-8-15(9-7-14)20-17(21)13-4-10-16(22-3)11-5-13/h4-11H,12,19H2,1-3H3,(H,20,21). The third kappa shape index (κ3) is 3.65. The predicted octanol–water partition coefficient (Wildman–Crippen LogP) is 3.18. The normalized spacial score (nSPS) is 11.1. The molecule has 3 N–H and O–H groups in total. The lowest BCUT2D eigenvalue weighted by Crippen LogP contribution is -2.27. The average Bonchev–Trinajstić information content (AvgIpc) is 2.55. The maximum Gasteiger partial charge on any atom is 0.255 e. The second-order valence-electron chi connectivity index (χ2n) is 5.85. The van der Waals surface area contributed by atoms with Gasteiger partial charge < -0.3 is 15.8 Å². The average molecular weight is 298 g/mol. The molecule has 4 heteroatoms. The summed E-state index contributed by atoms with van der Waals surface area (Å²) in [5, 5.41) is 2.88. The Morgan fingerprint density at radius 2 is 1.68 bits per heavy atom. The monoisotopic (exact) mass is 298 g/mol. The van der Waals surface area contributed by atoms with Crippen molar-refractivity contribution in [2.75, 3.05) is 19.0 Å². The van der Waals surface area contributed by atoms with Crippen molar-refractivity contribution in [2.24, 2.45) is 5.73 Å². The molecule has 22 heavy (non-hydrogen) atoms. The second kappa shape index (κ2) is 6.62. The van der Waals surface area contributed by atoms with Crippen LogP contribution in [-0.4, -0.2) is 19.6 Å². The van der Waals surface area contributed by atoms with Gasteiger partial charge in [0.15, 0.2) is 0 Å². The van der Waals surface area contributed by atoms with Crippen LogP contribution in [0.1, 0.15) is 29.8 Å². The number of nitrogens with one attached hydrogen (secondary N) is 1. The van der Waals surface area contributed by atoms with Crippen LogP contribution >= 0.6 is 0 Å². The lowest BCUT2D eigenvalue weighted by atomic mass is 9.85. The Morgan fingerprint density at radius 3 is 2.18 bits per heavy atom. The minimum absolute atomic E-state index is 0.0709. The lowest BCUT2D eigenvalue weighted by Gasteiger charge is -2.23. The Balaban J connectivity index is 2.08. The van der Waals surface area contributed by atoms with Crippen LogP contribution in [0.25, 0.3) is 0 Å². The van der Waals surface area contributed by atoms with Crippen LogP contribution in [0.15, 0.2) is 48.5 Å². The molecule has 0 fully saturated rings. The van der Waals surface area contributed by atoms with Crippen LogP contribution in [0.5, 0.6) is 5.75 Å². The molecule has 0 heterocycles. The Bertz CT molecular complexity index is 631. The molecular formula is C18H22N2O2. The molecule has 0 atom stereocenters. The maximum atomic E-state index is 12.2. The summed E-state index contributed by atoms with van der Waals surface area (Å²) < 4.78 is 5.08. The van der Waals surface area contributed by atoms with E-state index in [1.54, 1.807) is 31.4 Å². The fourth-order valence-electron chi connectivity index (χ4n) is 2.07. The van der Waals surface area contributed by atoms with Crippen molar-refractivity contribution in [1.82, 2.24) is 0 Å². The number of nitrogens with two attached hydrogens (primary N) is 1. The molecule has 2 aromatic carbocycles. The SMILES string of the molecule is COc1ccc(C(=O)Nc2ccc(C(C)(C)CN)cc2)cc1. The van der Waals surface area contributed by atoms with Crippen molar-refractivity contribution < 1.29 is 9.53 Å². The fourth-order valence-corrected chi connectivity index (χ4v) is 2.07. The lowest BCUT2D eigenvalue weighted by molar-refractivity contribution is 0.102. The molecule has 116 valence electrons. The van der Waals surface area contributed by atoms with E-state index < -0.39 is 0 Å². The number of methoxy groups -OCH3 is 1. The summed E-state index contributed by atoms with van der Waals surface area (Å²) in [5.74, 6) is 0.582. The quantitative estimate of drug-likeness (QED) is 0.891. The van der Waals surface area contributed by atoms with Crippen LogP contribution in [0.2, 0.25) is 0 Å². The topological polar surface area (TPSA) is 64.3 Å². The van der Waals surface area contributed by atoms with Gasteiger partial charge in [0.2, 0.25) is 0 Å². The van der Waals surface area contributed by atoms with Gasteiger partial charge >= 0.3 is 0 Å². The highest BCUT2D eigenvalue weighted by atomic mass is 16.5. The molecule has 0 saturated carbocycles. The van der Waals surface area contributed by atoms with Crippen LogP contribution in [-0.2, 0) is 5.41 Å². The zero-order valence-corrected chi connectivity index (χ0v) is 13.2. The highest BCUT2D eigenvalue weighted by molar-refractivity contribution is 6.04. The molecule has 0 radical (unpaired) electrons. The van der Waals surface area contributed by atoms with Gasteiger partial charge in [-0.25, -0.2) is 0 Å². The zero-order valence-electron chi connectivity index (χ0n) is 13.2. The van der Waals surface area contributed by atoms with E-state index in [2.05, 4.69) is 19.2 Å². The smallest absolute Gasteiger partial charge is 0.255 e. The first-order valence-corrected chi connectivity index (χ1v) is 7.22. The summed E-state index contributed by atoms with van der Waals surface area (Å²) in [6, 6.07) is 14.8. The predicted molar refractivity (Wildman–Crippen MR) is 89.5 cm³/mol. The van der Waals surface area contributed by atoms with E-state index in [-0.39, 0.29) is 11.3 Å².